The third kappa shape index (κ3) is 3.74. The fourth-order valence-electron chi connectivity index (χ4n) is 5.00. The third-order valence-electron chi connectivity index (χ3n) is 6.67. The van der Waals surface area contributed by atoms with E-state index < -0.39 is 12.5 Å². The van der Waals surface area contributed by atoms with Crippen LogP contribution in [0.15, 0.2) is 36.5 Å². The zero-order valence-electron chi connectivity index (χ0n) is 16.9. The molecular weight excluding hydrogens is 388 g/mol. The minimum atomic E-state index is -2.74. The summed E-state index contributed by atoms with van der Waals surface area (Å²) in [5.74, 6) is -2.91. The normalized spacial score (nSPS) is 27.1. The second-order valence-electron chi connectivity index (χ2n) is 8.59. The Morgan fingerprint density at radius 2 is 1.90 bits per heavy atom. The van der Waals surface area contributed by atoms with E-state index in [2.05, 4.69) is 44.4 Å². The Kier molecular flexibility index (Phi) is 5.06. The highest BCUT2D eigenvalue weighted by molar-refractivity contribution is 5.90. The molecule has 0 bridgehead atoms. The number of para-hydroxylation sites is 1. The van der Waals surface area contributed by atoms with Crippen molar-refractivity contribution in [1.29, 1.82) is 0 Å². The van der Waals surface area contributed by atoms with Gasteiger partial charge in [0.2, 0.25) is 5.91 Å². The van der Waals surface area contributed by atoms with E-state index in [0.29, 0.717) is 6.42 Å². The highest BCUT2D eigenvalue weighted by Crippen LogP contribution is 2.29. The summed E-state index contributed by atoms with van der Waals surface area (Å²) in [6, 6.07) is 10.3. The number of aromatic nitrogens is 1. The number of benzene rings is 1. The number of pyridine rings is 1. The van der Waals surface area contributed by atoms with Crippen molar-refractivity contribution >= 4 is 22.5 Å². The van der Waals surface area contributed by atoms with Crippen molar-refractivity contribution in [3.05, 3.63) is 36.5 Å². The smallest absolute Gasteiger partial charge is 0.267 e. The number of carbonyl (C=O) groups excluding carboxylic acids is 1. The number of anilines is 1. The van der Waals surface area contributed by atoms with Crippen LogP contribution in [0.2, 0.25) is 0 Å². The molecule has 3 aliphatic rings. The number of likely N-dealkylation sites (tertiary alicyclic amines) is 1. The molecule has 2 aromatic rings. The summed E-state index contributed by atoms with van der Waals surface area (Å²) in [5, 5.41) is 4.42. The van der Waals surface area contributed by atoms with Gasteiger partial charge < -0.3 is 15.1 Å². The van der Waals surface area contributed by atoms with Crippen LogP contribution in [-0.4, -0.2) is 84.5 Å². The van der Waals surface area contributed by atoms with E-state index >= 15 is 0 Å². The van der Waals surface area contributed by atoms with Crippen LogP contribution in [0.1, 0.15) is 12.8 Å². The van der Waals surface area contributed by atoms with Crippen molar-refractivity contribution in [2.45, 2.75) is 30.8 Å². The van der Waals surface area contributed by atoms with Crippen molar-refractivity contribution in [2.24, 2.45) is 0 Å². The summed E-state index contributed by atoms with van der Waals surface area (Å²) in [6.45, 7) is 4.10. The molecule has 1 amide bonds. The van der Waals surface area contributed by atoms with Crippen molar-refractivity contribution in [3.8, 4) is 0 Å². The number of carbonyl (C=O) groups is 1. The van der Waals surface area contributed by atoms with Crippen LogP contribution >= 0.6 is 0 Å². The third-order valence-corrected chi connectivity index (χ3v) is 6.67. The van der Waals surface area contributed by atoms with Gasteiger partial charge in [-0.3, -0.25) is 14.7 Å². The maximum absolute atomic E-state index is 13.5. The van der Waals surface area contributed by atoms with Crippen molar-refractivity contribution in [2.75, 3.05) is 50.7 Å². The fourth-order valence-corrected chi connectivity index (χ4v) is 5.00. The van der Waals surface area contributed by atoms with Gasteiger partial charge in [0.05, 0.1) is 23.8 Å². The molecule has 2 atom stereocenters. The van der Waals surface area contributed by atoms with Gasteiger partial charge in [-0.15, -0.1) is 0 Å². The maximum atomic E-state index is 13.5. The number of hydrogen-bond acceptors (Lipinski definition) is 5. The van der Waals surface area contributed by atoms with Gasteiger partial charge in [-0.2, -0.15) is 0 Å². The quantitative estimate of drug-likeness (QED) is 0.831. The molecule has 4 heterocycles. The Labute approximate surface area is 174 Å². The molecule has 30 heavy (non-hydrogen) atoms. The van der Waals surface area contributed by atoms with Gasteiger partial charge in [-0.25, -0.2) is 8.78 Å². The average Bonchev–Trinajstić information content (AvgIpc) is 3.40. The van der Waals surface area contributed by atoms with Gasteiger partial charge in [0, 0.05) is 63.3 Å². The van der Waals surface area contributed by atoms with E-state index in [4.69, 9.17) is 0 Å². The number of nitrogens with zero attached hydrogens (tertiary/aromatic N) is 4. The highest BCUT2D eigenvalue weighted by atomic mass is 19.3. The van der Waals surface area contributed by atoms with E-state index in [1.54, 1.807) is 0 Å². The molecule has 1 N–H and O–H groups in total. The van der Waals surface area contributed by atoms with Crippen molar-refractivity contribution in [3.63, 3.8) is 0 Å². The monoisotopic (exact) mass is 415 g/mol. The summed E-state index contributed by atoms with van der Waals surface area (Å²) in [4.78, 5) is 23.3. The molecule has 3 fully saturated rings. The van der Waals surface area contributed by atoms with Crippen molar-refractivity contribution in [1.82, 2.24) is 20.1 Å². The number of piperazine rings is 1. The first-order valence-electron chi connectivity index (χ1n) is 10.7. The highest BCUT2D eigenvalue weighted by Gasteiger charge is 2.43. The largest absolute Gasteiger partial charge is 0.367 e. The predicted molar refractivity (Wildman–Crippen MR) is 112 cm³/mol. The van der Waals surface area contributed by atoms with E-state index in [1.165, 1.54) is 10.6 Å². The zero-order valence-corrected chi connectivity index (χ0v) is 16.9. The molecule has 1 aromatic carbocycles. The molecule has 3 aliphatic heterocycles. The SMILES string of the molecule is O=C([C@@H]1C[C@H](N2CCN(c3cccc4cccnc34)CC2)CN1)N1CCC(F)(F)C1. The first-order chi connectivity index (χ1) is 14.5. The molecule has 6 nitrogen and oxygen atoms in total. The van der Waals surface area contributed by atoms with Gasteiger partial charge in [0.1, 0.15) is 0 Å². The molecule has 0 radical (unpaired) electrons. The summed E-state index contributed by atoms with van der Waals surface area (Å²) < 4.78 is 26.9. The number of rotatable bonds is 3. The van der Waals surface area contributed by atoms with Gasteiger partial charge in [-0.1, -0.05) is 18.2 Å². The second kappa shape index (κ2) is 7.74. The molecule has 1 aromatic heterocycles. The summed E-state index contributed by atoms with van der Waals surface area (Å²) >= 11 is 0. The molecule has 0 unspecified atom stereocenters. The molecule has 5 rings (SSSR count). The summed E-state index contributed by atoms with van der Waals surface area (Å²) in [6.07, 6.45) is 2.30. The Hall–Kier alpha value is -2.32. The predicted octanol–water partition coefficient (Wildman–Crippen LogP) is 1.95. The van der Waals surface area contributed by atoms with Gasteiger partial charge in [0.15, 0.2) is 0 Å². The van der Waals surface area contributed by atoms with Gasteiger partial charge >= 0.3 is 0 Å². The summed E-state index contributed by atoms with van der Waals surface area (Å²) in [7, 11) is 0. The Bertz CT molecular complexity index is 925. The van der Waals surface area contributed by atoms with E-state index in [1.807, 2.05) is 12.3 Å². The second-order valence-corrected chi connectivity index (χ2v) is 8.59. The first kappa shape index (κ1) is 19.6. The Morgan fingerprint density at radius 3 is 2.67 bits per heavy atom. The van der Waals surface area contributed by atoms with Crippen LogP contribution in [0, 0.1) is 0 Å². The first-order valence-corrected chi connectivity index (χ1v) is 10.7. The molecule has 0 aliphatic carbocycles. The molecule has 8 heteroatoms. The van der Waals surface area contributed by atoms with Crippen LogP contribution in [0.25, 0.3) is 10.9 Å². The minimum absolute atomic E-state index is 0.159. The molecule has 3 saturated heterocycles. The Balaban J connectivity index is 1.18. The van der Waals surface area contributed by atoms with Gasteiger partial charge in [0.25, 0.3) is 5.92 Å². The lowest BCUT2D eigenvalue weighted by Crippen LogP contribution is -2.51. The molecular formula is C22H27F2N5O. The Morgan fingerprint density at radius 1 is 1.10 bits per heavy atom. The number of halogens is 2. The van der Waals surface area contributed by atoms with Crippen LogP contribution in [-0.2, 0) is 4.79 Å². The van der Waals surface area contributed by atoms with Crippen molar-refractivity contribution < 1.29 is 13.6 Å². The standard InChI is InChI=1S/C22H27F2N5O/c23-22(24)6-8-29(15-22)21(30)18-13-17(14-26-18)27-9-11-28(12-10-27)19-5-1-3-16-4-2-7-25-20(16)19/h1-5,7,17-18,26H,6,8-15H2/t17-,18-/m0/s1. The molecule has 0 spiro atoms. The summed E-state index contributed by atoms with van der Waals surface area (Å²) in [5.41, 5.74) is 2.20. The lowest BCUT2D eigenvalue weighted by Gasteiger charge is -2.39. The van der Waals surface area contributed by atoms with E-state index in [-0.39, 0.29) is 31.0 Å². The number of fused-ring (bicyclic) bond motifs is 1. The van der Waals surface area contributed by atoms with E-state index in [9.17, 15) is 13.6 Å². The topological polar surface area (TPSA) is 51.7 Å². The van der Waals surface area contributed by atoms with E-state index in [0.717, 1.165) is 43.6 Å². The maximum Gasteiger partial charge on any atom is 0.267 e. The number of hydrogen-bond donors (Lipinski definition) is 1. The lowest BCUT2D eigenvalue weighted by molar-refractivity contribution is -0.133. The average molecular weight is 415 g/mol. The minimum Gasteiger partial charge on any atom is -0.367 e. The number of nitrogens with one attached hydrogen (secondary N) is 1. The van der Waals surface area contributed by atoms with Crippen LogP contribution in [0.4, 0.5) is 14.5 Å². The lowest BCUT2D eigenvalue weighted by atomic mass is 10.1. The van der Waals surface area contributed by atoms with Crippen LogP contribution in [0.5, 0.6) is 0 Å². The number of alkyl halides is 2. The zero-order chi connectivity index (χ0) is 20.7. The molecule has 0 saturated carbocycles. The fraction of sp³-hybridized carbons (Fsp3) is 0.545. The number of amides is 1. The van der Waals surface area contributed by atoms with Crippen LogP contribution in [0.3, 0.4) is 0 Å². The molecule has 160 valence electrons. The van der Waals surface area contributed by atoms with Crippen LogP contribution < -0.4 is 10.2 Å². The van der Waals surface area contributed by atoms with Gasteiger partial charge in [-0.05, 0) is 18.6 Å².